The molecule has 64 valence electrons. The van der Waals surface area contributed by atoms with Crippen LogP contribution in [-0.4, -0.2) is 11.5 Å². The molecule has 1 aliphatic carbocycles. The molecule has 1 aliphatic rings. The summed E-state index contributed by atoms with van der Waals surface area (Å²) in [5, 5.41) is 0. The molecule has 0 aromatic carbocycles. The molecule has 0 aromatic rings. The van der Waals surface area contributed by atoms with E-state index in [2.05, 4.69) is 0 Å². The van der Waals surface area contributed by atoms with Crippen LogP contribution in [0, 0.1) is 5.92 Å². The summed E-state index contributed by atoms with van der Waals surface area (Å²) in [5.74, 6) is 1.18. The first-order valence-electron chi connectivity index (χ1n) is 4.27. The van der Waals surface area contributed by atoms with Crippen LogP contribution >= 0.6 is 20.1 Å². The lowest BCUT2D eigenvalue weighted by molar-refractivity contribution is 0.354. The second kappa shape index (κ2) is 5.11. The molecule has 0 saturated heterocycles. The summed E-state index contributed by atoms with van der Waals surface area (Å²) < 4.78 is 10.6. The SMILES string of the molecule is O=PC(CCl)C1CCCCC1. The Labute approximate surface area is 74.7 Å². The van der Waals surface area contributed by atoms with Crippen LogP contribution < -0.4 is 0 Å². The Morgan fingerprint density at radius 3 is 2.45 bits per heavy atom. The highest BCUT2D eigenvalue weighted by Crippen LogP contribution is 2.32. The van der Waals surface area contributed by atoms with Crippen molar-refractivity contribution < 1.29 is 4.57 Å². The predicted molar refractivity (Wildman–Crippen MR) is 48.7 cm³/mol. The fourth-order valence-corrected chi connectivity index (χ4v) is 2.71. The molecule has 0 amide bonds. The lowest BCUT2D eigenvalue weighted by atomic mass is 9.87. The lowest BCUT2D eigenvalue weighted by Crippen LogP contribution is -2.19. The highest BCUT2D eigenvalue weighted by molar-refractivity contribution is 7.25. The molecule has 1 rings (SSSR count). The number of hydrogen-bond acceptors (Lipinski definition) is 1. The van der Waals surface area contributed by atoms with E-state index in [0.29, 0.717) is 11.8 Å². The van der Waals surface area contributed by atoms with E-state index in [4.69, 9.17) is 11.6 Å². The van der Waals surface area contributed by atoms with Crippen molar-refractivity contribution >= 4 is 20.1 Å². The van der Waals surface area contributed by atoms with Gasteiger partial charge in [0.2, 0.25) is 0 Å². The topological polar surface area (TPSA) is 17.1 Å². The zero-order valence-electron chi connectivity index (χ0n) is 6.63. The van der Waals surface area contributed by atoms with Gasteiger partial charge in [0.25, 0.3) is 0 Å². The maximum absolute atomic E-state index is 10.6. The van der Waals surface area contributed by atoms with Gasteiger partial charge in [0.05, 0.1) is 5.66 Å². The Balaban J connectivity index is 2.35. The van der Waals surface area contributed by atoms with Gasteiger partial charge in [-0.1, -0.05) is 19.3 Å². The average Bonchev–Trinajstić information content (AvgIpc) is 2.09. The van der Waals surface area contributed by atoms with E-state index >= 15 is 0 Å². The van der Waals surface area contributed by atoms with Gasteiger partial charge in [0.15, 0.2) is 8.46 Å². The summed E-state index contributed by atoms with van der Waals surface area (Å²) in [5.41, 5.74) is 0.219. The maximum Gasteiger partial charge on any atom is 0.160 e. The minimum atomic E-state index is 0.219. The number of halogens is 1. The summed E-state index contributed by atoms with van der Waals surface area (Å²) in [4.78, 5) is 0. The van der Waals surface area contributed by atoms with Crippen molar-refractivity contribution in [2.45, 2.75) is 37.8 Å². The second-order valence-corrected chi connectivity index (χ2v) is 4.41. The number of alkyl halides is 1. The molecule has 0 spiro atoms. The molecule has 0 aromatic heterocycles. The average molecular weight is 193 g/mol. The molecule has 0 aliphatic heterocycles. The zero-order chi connectivity index (χ0) is 8.10. The van der Waals surface area contributed by atoms with Gasteiger partial charge in [0, 0.05) is 5.88 Å². The van der Waals surface area contributed by atoms with Crippen molar-refractivity contribution in [3.63, 3.8) is 0 Å². The van der Waals surface area contributed by atoms with Crippen molar-refractivity contribution in [3.05, 3.63) is 0 Å². The molecule has 1 nitrogen and oxygen atoms in total. The van der Waals surface area contributed by atoms with Crippen LogP contribution in [0.15, 0.2) is 0 Å². The van der Waals surface area contributed by atoms with Crippen molar-refractivity contribution in [2.24, 2.45) is 5.92 Å². The highest BCUT2D eigenvalue weighted by Gasteiger charge is 2.22. The highest BCUT2D eigenvalue weighted by atomic mass is 35.5. The van der Waals surface area contributed by atoms with Crippen molar-refractivity contribution in [1.82, 2.24) is 0 Å². The van der Waals surface area contributed by atoms with E-state index in [1.54, 1.807) is 0 Å². The van der Waals surface area contributed by atoms with Gasteiger partial charge in [0.1, 0.15) is 0 Å². The van der Waals surface area contributed by atoms with Gasteiger partial charge < -0.3 is 0 Å². The van der Waals surface area contributed by atoms with E-state index in [0.717, 1.165) is 0 Å². The first-order chi connectivity index (χ1) is 5.38. The van der Waals surface area contributed by atoms with Crippen LogP contribution in [-0.2, 0) is 4.57 Å². The Kier molecular flexibility index (Phi) is 4.40. The van der Waals surface area contributed by atoms with E-state index in [1.807, 2.05) is 0 Å². The van der Waals surface area contributed by atoms with Crippen LogP contribution in [0.25, 0.3) is 0 Å². The van der Waals surface area contributed by atoms with Gasteiger partial charge in [-0.3, -0.25) is 4.57 Å². The van der Waals surface area contributed by atoms with E-state index in [-0.39, 0.29) is 14.1 Å². The molecule has 0 heterocycles. The Morgan fingerprint density at radius 1 is 1.36 bits per heavy atom. The molecule has 1 fully saturated rings. The quantitative estimate of drug-likeness (QED) is 0.494. The minimum absolute atomic E-state index is 0.219. The molecule has 0 radical (unpaired) electrons. The molecule has 0 N–H and O–H groups in total. The molecule has 1 unspecified atom stereocenters. The van der Waals surface area contributed by atoms with Crippen molar-refractivity contribution in [2.75, 3.05) is 5.88 Å². The smallest absolute Gasteiger partial charge is 0.160 e. The predicted octanol–water partition coefficient (Wildman–Crippen LogP) is 3.47. The van der Waals surface area contributed by atoms with Gasteiger partial charge in [-0.2, -0.15) is 0 Å². The van der Waals surface area contributed by atoms with Crippen LogP contribution in [0.5, 0.6) is 0 Å². The van der Waals surface area contributed by atoms with E-state index in [9.17, 15) is 4.57 Å². The third-order valence-electron chi connectivity index (χ3n) is 2.49. The third-order valence-corrected chi connectivity index (χ3v) is 3.91. The summed E-state index contributed by atoms with van der Waals surface area (Å²) in [6, 6.07) is 0. The minimum Gasteiger partial charge on any atom is -0.275 e. The molecule has 11 heavy (non-hydrogen) atoms. The third kappa shape index (κ3) is 2.72. The fraction of sp³-hybridized carbons (Fsp3) is 1.00. The van der Waals surface area contributed by atoms with Gasteiger partial charge in [-0.15, -0.1) is 11.6 Å². The summed E-state index contributed by atoms with van der Waals surface area (Å²) >= 11 is 5.69. The molecular formula is C8H14ClOP. The van der Waals surface area contributed by atoms with Crippen molar-refractivity contribution in [1.29, 1.82) is 0 Å². The lowest BCUT2D eigenvalue weighted by Gasteiger charge is -2.24. The summed E-state index contributed by atoms with van der Waals surface area (Å²) in [7, 11) is 0.246. The number of rotatable bonds is 3. The molecular weight excluding hydrogens is 179 g/mol. The van der Waals surface area contributed by atoms with Gasteiger partial charge in [-0.25, -0.2) is 0 Å². The zero-order valence-corrected chi connectivity index (χ0v) is 8.28. The van der Waals surface area contributed by atoms with Crippen LogP contribution in [0.2, 0.25) is 0 Å². The monoisotopic (exact) mass is 192 g/mol. The Bertz CT molecular complexity index is 123. The summed E-state index contributed by atoms with van der Waals surface area (Å²) in [6.07, 6.45) is 6.40. The van der Waals surface area contributed by atoms with E-state index in [1.165, 1.54) is 32.1 Å². The Hall–Kier alpha value is 0.390. The molecule has 3 heteroatoms. The van der Waals surface area contributed by atoms with Gasteiger partial charge >= 0.3 is 0 Å². The first-order valence-corrected chi connectivity index (χ1v) is 5.68. The van der Waals surface area contributed by atoms with Crippen LogP contribution in [0.1, 0.15) is 32.1 Å². The van der Waals surface area contributed by atoms with Crippen LogP contribution in [0.4, 0.5) is 0 Å². The van der Waals surface area contributed by atoms with Gasteiger partial charge in [-0.05, 0) is 18.8 Å². The fourth-order valence-electron chi connectivity index (χ4n) is 1.76. The van der Waals surface area contributed by atoms with Crippen LogP contribution in [0.3, 0.4) is 0 Å². The molecule has 1 atom stereocenters. The molecule has 1 saturated carbocycles. The first kappa shape index (κ1) is 9.48. The molecule has 0 bridgehead atoms. The van der Waals surface area contributed by atoms with Crippen molar-refractivity contribution in [3.8, 4) is 0 Å². The normalized spacial score (nSPS) is 23.7. The largest absolute Gasteiger partial charge is 0.275 e. The standard InChI is InChI=1S/C8H14ClOP/c9-6-8(11-10)7-4-2-1-3-5-7/h7-8H,1-6H2. The van der Waals surface area contributed by atoms with E-state index < -0.39 is 0 Å². The second-order valence-electron chi connectivity index (χ2n) is 3.23. The Morgan fingerprint density at radius 2 is 2.00 bits per heavy atom. The number of hydrogen-bond donors (Lipinski definition) is 0. The summed E-state index contributed by atoms with van der Waals surface area (Å²) in [6.45, 7) is 0. The maximum atomic E-state index is 10.6.